The SMILES string of the molecule is O=C(O)CNC(=O)NCC(F)(F)F. The second-order valence-corrected chi connectivity index (χ2v) is 2.05. The lowest BCUT2D eigenvalue weighted by molar-refractivity contribution is -0.135. The van der Waals surface area contributed by atoms with Gasteiger partial charge in [-0.3, -0.25) is 4.79 Å². The molecule has 8 heteroatoms. The molecule has 2 amide bonds. The van der Waals surface area contributed by atoms with Crippen LogP contribution in [0.15, 0.2) is 0 Å². The Balaban J connectivity index is 3.58. The molecule has 0 atom stereocenters. The molecule has 0 aliphatic rings. The van der Waals surface area contributed by atoms with Gasteiger partial charge < -0.3 is 15.7 Å². The quantitative estimate of drug-likeness (QED) is 0.596. The summed E-state index contributed by atoms with van der Waals surface area (Å²) in [7, 11) is 0. The van der Waals surface area contributed by atoms with Crippen LogP contribution in [0.25, 0.3) is 0 Å². The Labute approximate surface area is 70.9 Å². The van der Waals surface area contributed by atoms with Crippen LogP contribution in [0.3, 0.4) is 0 Å². The summed E-state index contributed by atoms with van der Waals surface area (Å²) in [6.45, 7) is -2.21. The number of hydrogen-bond acceptors (Lipinski definition) is 2. The maximum Gasteiger partial charge on any atom is 0.405 e. The maximum atomic E-state index is 11.5. The number of carbonyl (C=O) groups is 2. The fourth-order valence-electron chi connectivity index (χ4n) is 0.399. The molecule has 0 aliphatic heterocycles. The molecule has 0 saturated carbocycles. The average Bonchev–Trinajstić information content (AvgIpc) is 1.95. The van der Waals surface area contributed by atoms with E-state index >= 15 is 0 Å². The minimum absolute atomic E-state index is 0.719. The van der Waals surface area contributed by atoms with Gasteiger partial charge in [0, 0.05) is 0 Å². The van der Waals surface area contributed by atoms with Gasteiger partial charge >= 0.3 is 18.2 Å². The number of hydrogen-bond donors (Lipinski definition) is 3. The Hall–Kier alpha value is -1.47. The molecule has 0 aromatic rings. The minimum atomic E-state index is -4.50. The topological polar surface area (TPSA) is 78.4 Å². The maximum absolute atomic E-state index is 11.5. The van der Waals surface area contributed by atoms with E-state index in [1.807, 2.05) is 0 Å². The summed E-state index contributed by atoms with van der Waals surface area (Å²) < 4.78 is 34.4. The summed E-state index contributed by atoms with van der Waals surface area (Å²) in [5, 5.41) is 11.2. The molecule has 0 rings (SSSR count). The largest absolute Gasteiger partial charge is 0.480 e. The van der Waals surface area contributed by atoms with Crippen LogP contribution in [0.5, 0.6) is 0 Å². The molecule has 0 aromatic heterocycles. The van der Waals surface area contributed by atoms with Crippen LogP contribution in [0, 0.1) is 0 Å². The van der Waals surface area contributed by atoms with E-state index in [0.717, 1.165) is 0 Å². The molecule has 0 aliphatic carbocycles. The second kappa shape index (κ2) is 4.53. The Bertz CT molecular complexity index is 204. The first kappa shape index (κ1) is 11.5. The zero-order valence-electron chi connectivity index (χ0n) is 6.31. The van der Waals surface area contributed by atoms with Gasteiger partial charge in [-0.25, -0.2) is 4.79 Å². The van der Waals surface area contributed by atoms with E-state index in [2.05, 4.69) is 0 Å². The average molecular weight is 200 g/mol. The van der Waals surface area contributed by atoms with Gasteiger partial charge in [0.05, 0.1) is 0 Å². The van der Waals surface area contributed by atoms with E-state index in [9.17, 15) is 22.8 Å². The third kappa shape index (κ3) is 8.44. The van der Waals surface area contributed by atoms with Gasteiger partial charge in [0.15, 0.2) is 0 Å². The number of rotatable bonds is 3. The van der Waals surface area contributed by atoms with Gasteiger partial charge in [-0.15, -0.1) is 0 Å². The number of aliphatic carboxylic acids is 1. The number of carboxylic acid groups (broad SMARTS) is 1. The monoisotopic (exact) mass is 200 g/mol. The number of alkyl halides is 3. The highest BCUT2D eigenvalue weighted by atomic mass is 19.4. The number of halogens is 3. The van der Waals surface area contributed by atoms with Gasteiger partial charge in [-0.1, -0.05) is 0 Å². The summed E-state index contributed by atoms with van der Waals surface area (Å²) in [6, 6.07) is -1.17. The van der Waals surface area contributed by atoms with Gasteiger partial charge in [0.1, 0.15) is 13.1 Å². The van der Waals surface area contributed by atoms with Crippen molar-refractivity contribution in [1.29, 1.82) is 0 Å². The third-order valence-corrected chi connectivity index (χ3v) is 0.850. The summed E-state index contributed by atoms with van der Waals surface area (Å²) in [4.78, 5) is 20.2. The van der Waals surface area contributed by atoms with Crippen LogP contribution in [-0.2, 0) is 4.79 Å². The van der Waals surface area contributed by atoms with Crippen LogP contribution in [0.4, 0.5) is 18.0 Å². The first-order valence-electron chi connectivity index (χ1n) is 3.11. The molecule has 0 fully saturated rings. The lowest BCUT2D eigenvalue weighted by atomic mass is 10.6. The normalized spacial score (nSPS) is 10.7. The van der Waals surface area contributed by atoms with Crippen molar-refractivity contribution in [3.8, 4) is 0 Å². The van der Waals surface area contributed by atoms with Gasteiger partial charge in [-0.05, 0) is 0 Å². The van der Waals surface area contributed by atoms with Crippen molar-refractivity contribution in [2.45, 2.75) is 6.18 Å². The van der Waals surface area contributed by atoms with E-state index < -0.39 is 31.3 Å². The van der Waals surface area contributed by atoms with Crippen molar-refractivity contribution in [3.05, 3.63) is 0 Å². The van der Waals surface area contributed by atoms with Crippen LogP contribution in [-0.4, -0.2) is 36.4 Å². The van der Waals surface area contributed by atoms with Crippen LogP contribution >= 0.6 is 0 Å². The number of amides is 2. The molecular weight excluding hydrogens is 193 g/mol. The lowest BCUT2D eigenvalue weighted by Crippen LogP contribution is -2.42. The number of urea groups is 1. The zero-order valence-corrected chi connectivity index (χ0v) is 6.31. The number of nitrogens with one attached hydrogen (secondary N) is 2. The van der Waals surface area contributed by atoms with Crippen molar-refractivity contribution >= 4 is 12.0 Å². The predicted octanol–water partition coefficient (Wildman–Crippen LogP) is -0.0675. The highest BCUT2D eigenvalue weighted by Gasteiger charge is 2.27. The summed E-state index contributed by atoms with van der Waals surface area (Å²) in [6.07, 6.45) is -4.50. The first-order valence-corrected chi connectivity index (χ1v) is 3.11. The standard InChI is InChI=1S/C5H7F3N2O3/c6-5(7,8)2-10-4(13)9-1-3(11)12/h1-2H2,(H,11,12)(H2,9,10,13). The zero-order chi connectivity index (χ0) is 10.5. The highest BCUT2D eigenvalue weighted by molar-refractivity contribution is 5.79. The molecular formula is C5H7F3N2O3. The van der Waals surface area contributed by atoms with Crippen molar-refractivity contribution < 1.29 is 27.9 Å². The summed E-state index contributed by atoms with van der Waals surface area (Å²) >= 11 is 0. The predicted molar refractivity (Wildman–Crippen MR) is 35.1 cm³/mol. The van der Waals surface area contributed by atoms with E-state index in [1.54, 1.807) is 5.32 Å². The molecule has 0 spiro atoms. The minimum Gasteiger partial charge on any atom is -0.480 e. The van der Waals surface area contributed by atoms with Crippen molar-refractivity contribution in [3.63, 3.8) is 0 Å². The molecule has 0 bridgehead atoms. The number of carboxylic acids is 1. The van der Waals surface area contributed by atoms with E-state index in [4.69, 9.17) is 5.11 Å². The Kier molecular flexibility index (Phi) is 4.02. The second-order valence-electron chi connectivity index (χ2n) is 2.05. The van der Waals surface area contributed by atoms with E-state index in [0.29, 0.717) is 0 Å². The van der Waals surface area contributed by atoms with Gasteiger partial charge in [-0.2, -0.15) is 13.2 Å². The van der Waals surface area contributed by atoms with Gasteiger partial charge in [0.2, 0.25) is 0 Å². The summed E-state index contributed by atoms with van der Waals surface area (Å²) in [5.41, 5.74) is 0. The highest BCUT2D eigenvalue weighted by Crippen LogP contribution is 2.11. The fourth-order valence-corrected chi connectivity index (χ4v) is 0.399. The molecule has 0 radical (unpaired) electrons. The number of carbonyl (C=O) groups excluding carboxylic acids is 1. The van der Waals surface area contributed by atoms with Crippen LogP contribution in [0.2, 0.25) is 0 Å². The lowest BCUT2D eigenvalue weighted by Gasteiger charge is -2.08. The Morgan fingerprint density at radius 1 is 1.23 bits per heavy atom. The molecule has 0 heterocycles. The van der Waals surface area contributed by atoms with Crippen LogP contribution in [0.1, 0.15) is 0 Å². The smallest absolute Gasteiger partial charge is 0.405 e. The molecule has 3 N–H and O–H groups in total. The molecule has 5 nitrogen and oxygen atoms in total. The Morgan fingerprint density at radius 3 is 2.15 bits per heavy atom. The molecule has 0 saturated heterocycles. The summed E-state index contributed by atoms with van der Waals surface area (Å²) in [5.74, 6) is -1.33. The molecule has 13 heavy (non-hydrogen) atoms. The van der Waals surface area contributed by atoms with Crippen molar-refractivity contribution in [1.82, 2.24) is 10.6 Å². The molecule has 0 unspecified atom stereocenters. The van der Waals surface area contributed by atoms with E-state index in [1.165, 1.54) is 5.32 Å². The third-order valence-electron chi connectivity index (χ3n) is 0.850. The van der Waals surface area contributed by atoms with Gasteiger partial charge in [0.25, 0.3) is 0 Å². The Morgan fingerprint density at radius 2 is 1.77 bits per heavy atom. The van der Waals surface area contributed by atoms with Crippen molar-refractivity contribution in [2.24, 2.45) is 0 Å². The molecule has 0 aromatic carbocycles. The van der Waals surface area contributed by atoms with Crippen molar-refractivity contribution in [2.75, 3.05) is 13.1 Å². The van der Waals surface area contributed by atoms with Crippen LogP contribution < -0.4 is 10.6 Å². The fraction of sp³-hybridized carbons (Fsp3) is 0.600. The first-order chi connectivity index (χ1) is 5.81. The molecule has 76 valence electrons. The van der Waals surface area contributed by atoms with E-state index in [-0.39, 0.29) is 0 Å².